The van der Waals surface area contributed by atoms with Crippen molar-refractivity contribution in [3.63, 3.8) is 0 Å². The lowest BCUT2D eigenvalue weighted by Gasteiger charge is -1.98. The maximum absolute atomic E-state index is 11.4. The molecule has 0 aliphatic carbocycles. The number of carbonyl (C=O) groups is 1. The highest BCUT2D eigenvalue weighted by molar-refractivity contribution is 5.87. The molecule has 0 atom stereocenters. The molecule has 0 spiro atoms. The molecule has 0 radical (unpaired) electrons. The number of carbonyl (C=O) groups excluding carboxylic acids is 1. The average molecular weight is 195 g/mol. The summed E-state index contributed by atoms with van der Waals surface area (Å²) in [5.41, 5.74) is 2.83. The Kier molecular flexibility index (Phi) is 3.74. The Morgan fingerprint density at radius 3 is 2.79 bits per heavy atom. The molecule has 14 heavy (non-hydrogen) atoms. The van der Waals surface area contributed by atoms with Crippen LogP contribution in [0.5, 0.6) is 0 Å². The second-order valence-electron chi connectivity index (χ2n) is 3.32. The number of aromatic nitrogens is 1. The first-order valence-corrected chi connectivity index (χ1v) is 5.04. The van der Waals surface area contributed by atoms with E-state index >= 15 is 0 Å². The zero-order chi connectivity index (χ0) is 10.6. The lowest BCUT2D eigenvalue weighted by atomic mass is 10.2. The maximum atomic E-state index is 11.4. The molecule has 0 aliphatic rings. The van der Waals surface area contributed by atoms with Gasteiger partial charge in [-0.05, 0) is 31.9 Å². The van der Waals surface area contributed by atoms with Crippen molar-refractivity contribution in [3.8, 4) is 0 Å². The highest BCUT2D eigenvalue weighted by Gasteiger charge is 2.11. The van der Waals surface area contributed by atoms with Crippen molar-refractivity contribution < 1.29 is 9.53 Å². The number of rotatable bonds is 4. The SMILES string of the molecule is CCCc1[nH]c(C(=O)OCC)cc1C. The third kappa shape index (κ3) is 2.37. The van der Waals surface area contributed by atoms with E-state index in [9.17, 15) is 4.79 Å². The van der Waals surface area contributed by atoms with Crippen molar-refractivity contribution in [1.82, 2.24) is 4.98 Å². The van der Waals surface area contributed by atoms with Gasteiger partial charge in [0.1, 0.15) is 5.69 Å². The van der Waals surface area contributed by atoms with Crippen LogP contribution in [-0.2, 0) is 11.2 Å². The molecule has 3 heteroatoms. The van der Waals surface area contributed by atoms with Gasteiger partial charge >= 0.3 is 5.97 Å². The summed E-state index contributed by atoms with van der Waals surface area (Å²) in [6.07, 6.45) is 2.05. The molecule has 0 saturated heterocycles. The highest BCUT2D eigenvalue weighted by Crippen LogP contribution is 2.12. The van der Waals surface area contributed by atoms with Gasteiger partial charge in [-0.25, -0.2) is 4.79 Å². The van der Waals surface area contributed by atoms with Gasteiger partial charge in [-0.3, -0.25) is 0 Å². The lowest BCUT2D eigenvalue weighted by molar-refractivity contribution is 0.0520. The quantitative estimate of drug-likeness (QED) is 0.750. The zero-order valence-electron chi connectivity index (χ0n) is 9.02. The Bertz CT molecular complexity index is 315. The minimum Gasteiger partial charge on any atom is -0.461 e. The molecule has 0 amide bonds. The van der Waals surface area contributed by atoms with Crippen molar-refractivity contribution in [3.05, 3.63) is 23.0 Å². The van der Waals surface area contributed by atoms with Crippen LogP contribution in [0.4, 0.5) is 0 Å². The second-order valence-corrected chi connectivity index (χ2v) is 3.32. The summed E-state index contributed by atoms with van der Waals surface area (Å²) < 4.78 is 4.90. The van der Waals surface area contributed by atoms with Crippen LogP contribution < -0.4 is 0 Å². The Morgan fingerprint density at radius 2 is 2.21 bits per heavy atom. The summed E-state index contributed by atoms with van der Waals surface area (Å²) in [7, 11) is 0. The van der Waals surface area contributed by atoms with Gasteiger partial charge in [0.25, 0.3) is 0 Å². The van der Waals surface area contributed by atoms with Crippen LogP contribution in [0.2, 0.25) is 0 Å². The Labute approximate surface area is 84.5 Å². The summed E-state index contributed by atoms with van der Waals surface area (Å²) in [4.78, 5) is 14.5. The van der Waals surface area contributed by atoms with Crippen LogP contribution in [0.25, 0.3) is 0 Å². The van der Waals surface area contributed by atoms with Gasteiger partial charge in [0, 0.05) is 5.69 Å². The highest BCUT2D eigenvalue weighted by atomic mass is 16.5. The molecule has 0 aromatic carbocycles. The molecule has 0 unspecified atom stereocenters. The Morgan fingerprint density at radius 1 is 1.50 bits per heavy atom. The molecular weight excluding hydrogens is 178 g/mol. The summed E-state index contributed by atoms with van der Waals surface area (Å²) in [6, 6.07) is 1.85. The Balaban J connectivity index is 2.79. The number of aromatic amines is 1. The largest absolute Gasteiger partial charge is 0.461 e. The molecule has 3 nitrogen and oxygen atoms in total. The van der Waals surface area contributed by atoms with E-state index in [0.29, 0.717) is 12.3 Å². The van der Waals surface area contributed by atoms with Crippen molar-refractivity contribution in [1.29, 1.82) is 0 Å². The fourth-order valence-corrected chi connectivity index (χ4v) is 1.43. The first-order valence-electron chi connectivity index (χ1n) is 5.04. The van der Waals surface area contributed by atoms with E-state index in [1.165, 1.54) is 0 Å². The summed E-state index contributed by atoms with van der Waals surface area (Å²) in [5.74, 6) is -0.266. The van der Waals surface area contributed by atoms with Gasteiger partial charge in [-0.1, -0.05) is 13.3 Å². The summed E-state index contributed by atoms with van der Waals surface area (Å²) >= 11 is 0. The van der Waals surface area contributed by atoms with Gasteiger partial charge in [-0.15, -0.1) is 0 Å². The number of hydrogen-bond acceptors (Lipinski definition) is 2. The predicted molar refractivity (Wildman–Crippen MR) is 55.5 cm³/mol. The number of ether oxygens (including phenoxy) is 1. The van der Waals surface area contributed by atoms with Crippen molar-refractivity contribution in [2.45, 2.75) is 33.6 Å². The minimum atomic E-state index is -0.266. The molecule has 78 valence electrons. The van der Waals surface area contributed by atoms with Crippen LogP contribution in [-0.4, -0.2) is 17.6 Å². The number of esters is 1. The number of aryl methyl sites for hydroxylation is 2. The smallest absolute Gasteiger partial charge is 0.354 e. The number of hydrogen-bond donors (Lipinski definition) is 1. The number of nitrogens with one attached hydrogen (secondary N) is 1. The molecular formula is C11H17NO2. The Hall–Kier alpha value is -1.25. The minimum absolute atomic E-state index is 0.266. The molecule has 0 saturated carbocycles. The predicted octanol–water partition coefficient (Wildman–Crippen LogP) is 2.45. The average Bonchev–Trinajstić information content (AvgIpc) is 2.49. The van der Waals surface area contributed by atoms with E-state index in [1.54, 1.807) is 6.92 Å². The van der Waals surface area contributed by atoms with Gasteiger partial charge in [-0.2, -0.15) is 0 Å². The first kappa shape index (κ1) is 10.8. The van der Waals surface area contributed by atoms with E-state index in [2.05, 4.69) is 11.9 Å². The van der Waals surface area contributed by atoms with Crippen molar-refractivity contribution in [2.75, 3.05) is 6.61 Å². The molecule has 0 fully saturated rings. The maximum Gasteiger partial charge on any atom is 0.354 e. The third-order valence-electron chi connectivity index (χ3n) is 2.12. The van der Waals surface area contributed by atoms with E-state index in [-0.39, 0.29) is 5.97 Å². The van der Waals surface area contributed by atoms with E-state index in [1.807, 2.05) is 13.0 Å². The van der Waals surface area contributed by atoms with E-state index in [0.717, 1.165) is 24.1 Å². The first-order chi connectivity index (χ1) is 6.69. The van der Waals surface area contributed by atoms with Crippen LogP contribution in [0.1, 0.15) is 42.0 Å². The van der Waals surface area contributed by atoms with E-state index < -0.39 is 0 Å². The van der Waals surface area contributed by atoms with Crippen molar-refractivity contribution >= 4 is 5.97 Å². The lowest BCUT2D eigenvalue weighted by Crippen LogP contribution is -2.04. The fraction of sp³-hybridized carbons (Fsp3) is 0.545. The van der Waals surface area contributed by atoms with Crippen LogP contribution in [0.3, 0.4) is 0 Å². The molecule has 1 aromatic rings. The van der Waals surface area contributed by atoms with Crippen molar-refractivity contribution in [2.24, 2.45) is 0 Å². The standard InChI is InChI=1S/C11H17NO2/c1-4-6-9-8(3)7-10(12-9)11(13)14-5-2/h7,12H,4-6H2,1-3H3. The van der Waals surface area contributed by atoms with Gasteiger partial charge in [0.15, 0.2) is 0 Å². The van der Waals surface area contributed by atoms with Crippen LogP contribution >= 0.6 is 0 Å². The number of H-pyrrole nitrogens is 1. The molecule has 1 aromatic heterocycles. The molecule has 0 aliphatic heterocycles. The summed E-state index contributed by atoms with van der Waals surface area (Å²) in [5, 5.41) is 0. The summed E-state index contributed by atoms with van der Waals surface area (Å²) in [6.45, 7) is 6.34. The second kappa shape index (κ2) is 4.84. The zero-order valence-corrected chi connectivity index (χ0v) is 9.02. The molecule has 0 bridgehead atoms. The molecule has 1 heterocycles. The third-order valence-corrected chi connectivity index (χ3v) is 2.12. The molecule has 1 N–H and O–H groups in total. The normalized spacial score (nSPS) is 10.2. The topological polar surface area (TPSA) is 42.1 Å². The monoisotopic (exact) mass is 195 g/mol. The van der Waals surface area contributed by atoms with Crippen LogP contribution in [0.15, 0.2) is 6.07 Å². The van der Waals surface area contributed by atoms with E-state index in [4.69, 9.17) is 4.74 Å². The van der Waals surface area contributed by atoms with Gasteiger partial charge < -0.3 is 9.72 Å². The molecule has 1 rings (SSSR count). The van der Waals surface area contributed by atoms with Crippen LogP contribution in [0, 0.1) is 6.92 Å². The fourth-order valence-electron chi connectivity index (χ4n) is 1.43. The van der Waals surface area contributed by atoms with Gasteiger partial charge in [0.05, 0.1) is 6.61 Å². The van der Waals surface area contributed by atoms with Gasteiger partial charge in [0.2, 0.25) is 0 Å².